The van der Waals surface area contributed by atoms with E-state index in [0.717, 1.165) is 19.3 Å². The number of aliphatic hydroxyl groups excluding tert-OH is 2. The lowest BCUT2D eigenvalue weighted by atomic mass is 9.82. The maximum absolute atomic E-state index is 10.3. The van der Waals surface area contributed by atoms with Crippen LogP contribution < -0.4 is 0 Å². The average molecular weight is 286 g/mol. The van der Waals surface area contributed by atoms with Crippen molar-refractivity contribution in [2.45, 2.75) is 91.6 Å². The SMILES string of the molecule is CC(C)CC(O)C(CCCCCCCCCO)C(C)C. The molecule has 0 aromatic rings. The summed E-state index contributed by atoms with van der Waals surface area (Å²) in [6, 6.07) is 0. The Hall–Kier alpha value is -0.0800. The van der Waals surface area contributed by atoms with Gasteiger partial charge in [-0.15, -0.1) is 0 Å². The van der Waals surface area contributed by atoms with Crippen molar-refractivity contribution in [3.8, 4) is 0 Å². The van der Waals surface area contributed by atoms with Crippen LogP contribution in [0.2, 0.25) is 0 Å². The predicted octanol–water partition coefficient (Wildman–Crippen LogP) is 4.78. The average Bonchev–Trinajstić information content (AvgIpc) is 2.35. The van der Waals surface area contributed by atoms with Crippen LogP contribution in [0.3, 0.4) is 0 Å². The molecule has 2 heteroatoms. The van der Waals surface area contributed by atoms with E-state index in [0.29, 0.717) is 24.4 Å². The van der Waals surface area contributed by atoms with Gasteiger partial charge in [-0.05, 0) is 37.0 Å². The summed E-state index contributed by atoms with van der Waals surface area (Å²) < 4.78 is 0. The lowest BCUT2D eigenvalue weighted by Gasteiger charge is -2.27. The summed E-state index contributed by atoms with van der Waals surface area (Å²) in [4.78, 5) is 0. The van der Waals surface area contributed by atoms with E-state index in [1.165, 1.54) is 38.5 Å². The summed E-state index contributed by atoms with van der Waals surface area (Å²) in [5.41, 5.74) is 0. The molecule has 0 aromatic carbocycles. The quantitative estimate of drug-likeness (QED) is 0.478. The molecule has 0 rings (SSSR count). The van der Waals surface area contributed by atoms with Crippen LogP contribution in [0, 0.1) is 17.8 Å². The Morgan fingerprint density at radius 2 is 1.25 bits per heavy atom. The smallest absolute Gasteiger partial charge is 0.0573 e. The van der Waals surface area contributed by atoms with Crippen LogP contribution in [-0.4, -0.2) is 22.9 Å². The molecule has 0 saturated carbocycles. The second-order valence-electron chi connectivity index (χ2n) is 7.09. The number of unbranched alkanes of at least 4 members (excludes halogenated alkanes) is 6. The van der Waals surface area contributed by atoms with Crippen LogP contribution in [0.1, 0.15) is 85.5 Å². The standard InChI is InChI=1S/C18H38O2/c1-15(2)14-18(20)17(16(3)4)12-10-8-6-5-7-9-11-13-19/h15-20H,5-14H2,1-4H3. The summed E-state index contributed by atoms with van der Waals surface area (Å²) in [5, 5.41) is 19.0. The predicted molar refractivity (Wildman–Crippen MR) is 87.8 cm³/mol. The molecule has 0 fully saturated rings. The molecule has 0 aromatic heterocycles. The Labute approximate surface area is 127 Å². The van der Waals surface area contributed by atoms with Crippen molar-refractivity contribution in [3.05, 3.63) is 0 Å². The molecule has 2 N–H and O–H groups in total. The molecule has 20 heavy (non-hydrogen) atoms. The lowest BCUT2D eigenvalue weighted by Crippen LogP contribution is -2.26. The van der Waals surface area contributed by atoms with Crippen LogP contribution in [0.25, 0.3) is 0 Å². The highest BCUT2D eigenvalue weighted by Gasteiger charge is 2.22. The van der Waals surface area contributed by atoms with Crippen LogP contribution >= 0.6 is 0 Å². The van der Waals surface area contributed by atoms with E-state index in [-0.39, 0.29) is 6.10 Å². The van der Waals surface area contributed by atoms with Gasteiger partial charge in [-0.1, -0.05) is 66.2 Å². The summed E-state index contributed by atoms with van der Waals surface area (Å²) in [7, 11) is 0. The highest BCUT2D eigenvalue weighted by molar-refractivity contribution is 4.73. The lowest BCUT2D eigenvalue weighted by molar-refractivity contribution is 0.0566. The highest BCUT2D eigenvalue weighted by atomic mass is 16.3. The monoisotopic (exact) mass is 286 g/mol. The molecule has 0 radical (unpaired) electrons. The molecular weight excluding hydrogens is 248 g/mol. The maximum Gasteiger partial charge on any atom is 0.0573 e. The van der Waals surface area contributed by atoms with Crippen molar-refractivity contribution in [1.82, 2.24) is 0 Å². The Bertz CT molecular complexity index is 202. The van der Waals surface area contributed by atoms with E-state index in [1.807, 2.05) is 0 Å². The molecule has 0 spiro atoms. The Kier molecular flexibility index (Phi) is 12.6. The van der Waals surface area contributed by atoms with Crippen molar-refractivity contribution >= 4 is 0 Å². The molecular formula is C18H38O2. The molecule has 122 valence electrons. The summed E-state index contributed by atoms with van der Waals surface area (Å²) in [5.74, 6) is 1.62. The minimum atomic E-state index is -0.125. The van der Waals surface area contributed by atoms with E-state index < -0.39 is 0 Å². The molecule has 0 heterocycles. The van der Waals surface area contributed by atoms with Crippen molar-refractivity contribution in [3.63, 3.8) is 0 Å². The molecule has 2 nitrogen and oxygen atoms in total. The zero-order valence-corrected chi connectivity index (χ0v) is 14.3. The summed E-state index contributed by atoms with van der Waals surface area (Å²) >= 11 is 0. The molecule has 0 amide bonds. The fourth-order valence-corrected chi connectivity index (χ4v) is 3.00. The number of rotatable bonds is 13. The Balaban J connectivity index is 3.71. The summed E-state index contributed by atoms with van der Waals surface area (Å²) in [6.07, 6.45) is 10.5. The fraction of sp³-hybridized carbons (Fsp3) is 1.00. The topological polar surface area (TPSA) is 40.5 Å². The van der Waals surface area contributed by atoms with Gasteiger partial charge in [0.1, 0.15) is 0 Å². The van der Waals surface area contributed by atoms with Gasteiger partial charge in [-0.25, -0.2) is 0 Å². The van der Waals surface area contributed by atoms with Crippen molar-refractivity contribution < 1.29 is 10.2 Å². The third-order valence-electron chi connectivity index (χ3n) is 4.26. The number of hydrogen-bond donors (Lipinski definition) is 2. The van der Waals surface area contributed by atoms with Gasteiger partial charge >= 0.3 is 0 Å². The van der Waals surface area contributed by atoms with E-state index in [2.05, 4.69) is 27.7 Å². The van der Waals surface area contributed by atoms with E-state index in [9.17, 15) is 5.11 Å². The Morgan fingerprint density at radius 3 is 1.70 bits per heavy atom. The first kappa shape index (κ1) is 19.9. The second kappa shape index (κ2) is 12.6. The fourth-order valence-electron chi connectivity index (χ4n) is 3.00. The third-order valence-corrected chi connectivity index (χ3v) is 4.26. The van der Waals surface area contributed by atoms with E-state index in [4.69, 9.17) is 5.11 Å². The second-order valence-corrected chi connectivity index (χ2v) is 7.09. The van der Waals surface area contributed by atoms with E-state index >= 15 is 0 Å². The minimum absolute atomic E-state index is 0.125. The maximum atomic E-state index is 10.3. The van der Waals surface area contributed by atoms with Gasteiger partial charge in [0.25, 0.3) is 0 Å². The third kappa shape index (κ3) is 10.7. The Morgan fingerprint density at radius 1 is 0.750 bits per heavy atom. The molecule has 0 aliphatic heterocycles. The normalized spacial score (nSPS) is 15.0. The van der Waals surface area contributed by atoms with Crippen LogP contribution in [0.15, 0.2) is 0 Å². The van der Waals surface area contributed by atoms with Gasteiger partial charge in [-0.2, -0.15) is 0 Å². The molecule has 2 unspecified atom stereocenters. The van der Waals surface area contributed by atoms with E-state index in [1.54, 1.807) is 0 Å². The zero-order chi connectivity index (χ0) is 15.4. The molecule has 0 bridgehead atoms. The molecule has 2 atom stereocenters. The van der Waals surface area contributed by atoms with Crippen LogP contribution in [0.4, 0.5) is 0 Å². The zero-order valence-electron chi connectivity index (χ0n) is 14.3. The molecule has 0 aliphatic rings. The van der Waals surface area contributed by atoms with Gasteiger partial charge in [0, 0.05) is 6.61 Å². The number of hydrogen-bond acceptors (Lipinski definition) is 2. The van der Waals surface area contributed by atoms with Gasteiger partial charge in [0.2, 0.25) is 0 Å². The first-order chi connectivity index (χ1) is 9.49. The van der Waals surface area contributed by atoms with Gasteiger partial charge in [0.05, 0.1) is 6.10 Å². The first-order valence-electron chi connectivity index (χ1n) is 8.78. The van der Waals surface area contributed by atoms with Crippen molar-refractivity contribution in [2.24, 2.45) is 17.8 Å². The van der Waals surface area contributed by atoms with Crippen molar-refractivity contribution in [2.75, 3.05) is 6.61 Å². The molecule has 0 saturated heterocycles. The van der Waals surface area contributed by atoms with Gasteiger partial charge in [-0.3, -0.25) is 0 Å². The summed E-state index contributed by atoms with van der Waals surface area (Å²) in [6.45, 7) is 9.19. The largest absolute Gasteiger partial charge is 0.396 e. The van der Waals surface area contributed by atoms with Gasteiger partial charge in [0.15, 0.2) is 0 Å². The van der Waals surface area contributed by atoms with Crippen LogP contribution in [-0.2, 0) is 0 Å². The van der Waals surface area contributed by atoms with Crippen LogP contribution in [0.5, 0.6) is 0 Å². The van der Waals surface area contributed by atoms with Crippen molar-refractivity contribution in [1.29, 1.82) is 0 Å². The molecule has 0 aliphatic carbocycles. The van der Waals surface area contributed by atoms with Gasteiger partial charge < -0.3 is 10.2 Å². The minimum Gasteiger partial charge on any atom is -0.396 e. The highest BCUT2D eigenvalue weighted by Crippen LogP contribution is 2.26. The first-order valence-corrected chi connectivity index (χ1v) is 8.78. The number of aliphatic hydroxyl groups is 2.